The summed E-state index contributed by atoms with van der Waals surface area (Å²) >= 11 is 3.36. The number of amides is 1. The summed E-state index contributed by atoms with van der Waals surface area (Å²) < 4.78 is 0.786. The van der Waals surface area contributed by atoms with Crippen LogP contribution < -0.4 is 10.2 Å². The van der Waals surface area contributed by atoms with Gasteiger partial charge in [-0.25, -0.2) is 0 Å². The zero-order valence-corrected chi connectivity index (χ0v) is 10.9. The number of aldehydes is 1. The molecule has 0 radical (unpaired) electrons. The average Bonchev–Trinajstić information content (AvgIpc) is 2.54. The van der Waals surface area contributed by atoms with E-state index in [-0.39, 0.29) is 5.91 Å². The second-order valence-electron chi connectivity index (χ2n) is 3.91. The van der Waals surface area contributed by atoms with Crippen LogP contribution in [-0.2, 0) is 4.79 Å². The quantitative estimate of drug-likeness (QED) is 0.843. The predicted molar refractivity (Wildman–Crippen MR) is 69.4 cm³/mol. The van der Waals surface area contributed by atoms with Gasteiger partial charge < -0.3 is 10.2 Å². The highest BCUT2D eigenvalue weighted by Gasteiger charge is 2.14. The lowest BCUT2D eigenvalue weighted by Gasteiger charge is -2.22. The molecule has 1 aromatic carbocycles. The molecule has 0 atom stereocenters. The molecule has 0 aliphatic carbocycles. The van der Waals surface area contributed by atoms with Crippen molar-refractivity contribution < 1.29 is 9.59 Å². The minimum Gasteiger partial charge on any atom is -0.369 e. The number of carbonyl (C=O) groups excluding carboxylic acids is 2. The third-order valence-corrected chi connectivity index (χ3v) is 3.48. The molecule has 1 saturated heterocycles. The third kappa shape index (κ3) is 2.85. The van der Waals surface area contributed by atoms with Crippen LogP contribution in [0, 0.1) is 0 Å². The van der Waals surface area contributed by atoms with Crippen LogP contribution >= 0.6 is 15.9 Å². The second kappa shape index (κ2) is 5.31. The van der Waals surface area contributed by atoms with Crippen molar-refractivity contribution in [2.45, 2.75) is 6.42 Å². The molecule has 1 heterocycles. The molecule has 17 heavy (non-hydrogen) atoms. The molecule has 1 aliphatic heterocycles. The predicted octanol–water partition coefficient (Wildman–Crippen LogP) is 1.59. The summed E-state index contributed by atoms with van der Waals surface area (Å²) in [5.74, 6) is 0.0936. The minimum atomic E-state index is 0.0936. The number of hydrogen-bond donors (Lipinski definition) is 1. The maximum absolute atomic E-state index is 11.2. The Morgan fingerprint density at radius 2 is 2.18 bits per heavy atom. The van der Waals surface area contributed by atoms with Gasteiger partial charge in [-0.3, -0.25) is 9.59 Å². The van der Waals surface area contributed by atoms with Crippen molar-refractivity contribution in [3.8, 4) is 0 Å². The van der Waals surface area contributed by atoms with E-state index in [4.69, 9.17) is 0 Å². The number of halogens is 1. The first-order valence-corrected chi connectivity index (χ1v) is 6.26. The topological polar surface area (TPSA) is 49.4 Å². The number of hydrogen-bond acceptors (Lipinski definition) is 3. The monoisotopic (exact) mass is 296 g/mol. The van der Waals surface area contributed by atoms with Crippen LogP contribution in [0.25, 0.3) is 0 Å². The van der Waals surface area contributed by atoms with Crippen LogP contribution in [0.5, 0.6) is 0 Å². The van der Waals surface area contributed by atoms with Crippen LogP contribution in [0.4, 0.5) is 5.69 Å². The molecule has 0 aromatic heterocycles. The van der Waals surface area contributed by atoms with Gasteiger partial charge in [-0.15, -0.1) is 0 Å². The van der Waals surface area contributed by atoms with E-state index in [1.807, 2.05) is 12.1 Å². The molecule has 90 valence electrons. The number of benzene rings is 1. The van der Waals surface area contributed by atoms with Crippen LogP contribution in [-0.4, -0.2) is 31.8 Å². The van der Waals surface area contributed by atoms with E-state index in [0.29, 0.717) is 25.1 Å². The van der Waals surface area contributed by atoms with E-state index in [1.54, 1.807) is 6.07 Å². The summed E-state index contributed by atoms with van der Waals surface area (Å²) in [5, 5.41) is 2.83. The van der Waals surface area contributed by atoms with Gasteiger partial charge in [0, 0.05) is 41.8 Å². The van der Waals surface area contributed by atoms with Gasteiger partial charge in [0.05, 0.1) is 0 Å². The Balaban J connectivity index is 2.18. The Morgan fingerprint density at radius 3 is 2.88 bits per heavy atom. The molecule has 4 nitrogen and oxygen atoms in total. The van der Waals surface area contributed by atoms with Crippen LogP contribution in [0.3, 0.4) is 0 Å². The summed E-state index contributed by atoms with van der Waals surface area (Å²) in [7, 11) is 0. The Morgan fingerprint density at radius 1 is 1.35 bits per heavy atom. The maximum Gasteiger partial charge on any atom is 0.221 e. The normalized spacial score (nSPS) is 16.3. The Labute approximate surface area is 108 Å². The second-order valence-corrected chi connectivity index (χ2v) is 4.77. The molecule has 2 rings (SSSR count). The smallest absolute Gasteiger partial charge is 0.221 e. The fourth-order valence-electron chi connectivity index (χ4n) is 1.83. The molecule has 1 N–H and O–H groups in total. The SMILES string of the molecule is O=Cc1ccc(N2CCNC(=O)CC2)cc1Br. The van der Waals surface area contributed by atoms with Gasteiger partial charge in [0.2, 0.25) is 5.91 Å². The van der Waals surface area contributed by atoms with Gasteiger partial charge in [0.15, 0.2) is 6.29 Å². The maximum atomic E-state index is 11.2. The summed E-state index contributed by atoms with van der Waals surface area (Å²) in [4.78, 5) is 24.1. The largest absolute Gasteiger partial charge is 0.369 e. The van der Waals surface area contributed by atoms with Crippen molar-refractivity contribution in [2.24, 2.45) is 0 Å². The van der Waals surface area contributed by atoms with E-state index in [1.165, 1.54) is 0 Å². The van der Waals surface area contributed by atoms with Gasteiger partial charge in [-0.1, -0.05) is 0 Å². The van der Waals surface area contributed by atoms with Crippen molar-refractivity contribution >= 4 is 33.8 Å². The van der Waals surface area contributed by atoms with Crippen molar-refractivity contribution in [3.05, 3.63) is 28.2 Å². The molecular formula is C12H13BrN2O2. The fraction of sp³-hybridized carbons (Fsp3) is 0.333. The number of nitrogens with one attached hydrogen (secondary N) is 1. The number of rotatable bonds is 2. The average molecular weight is 297 g/mol. The molecular weight excluding hydrogens is 284 g/mol. The molecule has 1 aromatic rings. The van der Waals surface area contributed by atoms with Gasteiger partial charge in [-0.2, -0.15) is 0 Å². The first-order valence-electron chi connectivity index (χ1n) is 5.47. The lowest BCUT2D eigenvalue weighted by Crippen LogP contribution is -2.28. The molecule has 0 unspecified atom stereocenters. The highest BCUT2D eigenvalue weighted by Crippen LogP contribution is 2.23. The summed E-state index contributed by atoms with van der Waals surface area (Å²) in [6.07, 6.45) is 1.33. The lowest BCUT2D eigenvalue weighted by molar-refractivity contribution is -0.120. The summed E-state index contributed by atoms with van der Waals surface area (Å²) in [6, 6.07) is 5.61. The van der Waals surface area contributed by atoms with Crippen LogP contribution in [0.15, 0.2) is 22.7 Å². The molecule has 0 saturated carbocycles. The van der Waals surface area contributed by atoms with Gasteiger partial charge in [-0.05, 0) is 34.1 Å². The Hall–Kier alpha value is -1.36. The molecule has 1 aliphatic rings. The first kappa shape index (κ1) is 12.1. The van der Waals surface area contributed by atoms with E-state index < -0.39 is 0 Å². The van der Waals surface area contributed by atoms with Crippen LogP contribution in [0.2, 0.25) is 0 Å². The van der Waals surface area contributed by atoms with E-state index >= 15 is 0 Å². The van der Waals surface area contributed by atoms with Crippen molar-refractivity contribution in [1.82, 2.24) is 5.32 Å². The van der Waals surface area contributed by atoms with Crippen molar-refractivity contribution in [2.75, 3.05) is 24.5 Å². The number of carbonyl (C=O) groups is 2. The Bertz CT molecular complexity index is 448. The number of anilines is 1. The summed E-state index contributed by atoms with van der Waals surface area (Å²) in [5.41, 5.74) is 1.66. The zero-order chi connectivity index (χ0) is 12.3. The molecule has 5 heteroatoms. The number of nitrogens with zero attached hydrogens (tertiary/aromatic N) is 1. The molecule has 1 amide bonds. The van der Waals surface area contributed by atoms with E-state index in [2.05, 4.69) is 26.1 Å². The zero-order valence-electron chi connectivity index (χ0n) is 9.28. The first-order chi connectivity index (χ1) is 8.20. The highest BCUT2D eigenvalue weighted by atomic mass is 79.9. The standard InChI is InChI=1S/C12H13BrN2O2/c13-11-7-10(2-1-9(11)8-16)15-5-3-12(17)14-4-6-15/h1-2,7-8H,3-6H2,(H,14,17). The molecule has 1 fully saturated rings. The van der Waals surface area contributed by atoms with Crippen LogP contribution in [0.1, 0.15) is 16.8 Å². The van der Waals surface area contributed by atoms with Gasteiger partial charge in [0.25, 0.3) is 0 Å². The van der Waals surface area contributed by atoms with Gasteiger partial charge >= 0.3 is 0 Å². The fourth-order valence-corrected chi connectivity index (χ4v) is 2.29. The molecule has 0 spiro atoms. The Kier molecular flexibility index (Phi) is 3.78. The molecule has 0 bridgehead atoms. The van der Waals surface area contributed by atoms with Gasteiger partial charge in [0.1, 0.15) is 0 Å². The lowest BCUT2D eigenvalue weighted by atomic mass is 10.2. The minimum absolute atomic E-state index is 0.0936. The van der Waals surface area contributed by atoms with Crippen molar-refractivity contribution in [3.63, 3.8) is 0 Å². The van der Waals surface area contributed by atoms with E-state index in [0.717, 1.165) is 23.0 Å². The summed E-state index contributed by atoms with van der Waals surface area (Å²) in [6.45, 7) is 2.16. The third-order valence-electron chi connectivity index (χ3n) is 2.79. The van der Waals surface area contributed by atoms with E-state index in [9.17, 15) is 9.59 Å². The van der Waals surface area contributed by atoms with Crippen molar-refractivity contribution in [1.29, 1.82) is 0 Å². The highest BCUT2D eigenvalue weighted by molar-refractivity contribution is 9.10.